The molecule has 1 aromatic carbocycles. The minimum Gasteiger partial charge on any atom is -0.343 e. The fourth-order valence-corrected chi connectivity index (χ4v) is 3.61. The van der Waals surface area contributed by atoms with Crippen LogP contribution >= 0.6 is 0 Å². The number of halogens is 1. The van der Waals surface area contributed by atoms with Crippen molar-refractivity contribution in [3.05, 3.63) is 64.0 Å². The van der Waals surface area contributed by atoms with Gasteiger partial charge in [0.2, 0.25) is 0 Å². The molecule has 10 nitrogen and oxygen atoms in total. The fourth-order valence-electron chi connectivity index (χ4n) is 3.61. The molecule has 2 amide bonds. The number of Topliss-reactive ketones (excluding diaryl/α,β-unsaturated/α-hetero) is 1. The highest BCUT2D eigenvalue weighted by molar-refractivity contribution is 6.43. The van der Waals surface area contributed by atoms with Gasteiger partial charge in [0.25, 0.3) is 17.6 Å². The zero-order valence-electron chi connectivity index (χ0n) is 18.5. The van der Waals surface area contributed by atoms with E-state index in [1.54, 1.807) is 27.0 Å². The summed E-state index contributed by atoms with van der Waals surface area (Å²) in [4.78, 5) is 38.6. The number of carbonyl (C=O) groups excluding carboxylic acids is 3. The van der Waals surface area contributed by atoms with E-state index in [-0.39, 0.29) is 22.5 Å². The fraction of sp³-hybridized carbons (Fsp3) is 0.273. The molecule has 0 bridgehead atoms. The second-order valence-electron chi connectivity index (χ2n) is 7.41. The molecule has 0 aliphatic heterocycles. The van der Waals surface area contributed by atoms with E-state index in [9.17, 15) is 18.8 Å². The number of aromatic nitrogens is 4. The number of benzene rings is 1. The summed E-state index contributed by atoms with van der Waals surface area (Å²) in [6, 6.07) is 4.83. The van der Waals surface area contributed by atoms with Crippen LogP contribution in [-0.4, -0.2) is 37.6 Å². The maximum absolute atomic E-state index is 13.6. The van der Waals surface area contributed by atoms with Gasteiger partial charge in [0.15, 0.2) is 0 Å². The lowest BCUT2D eigenvalue weighted by Gasteiger charge is -2.13. The first kappa shape index (κ1) is 23.3. The van der Waals surface area contributed by atoms with Crippen molar-refractivity contribution in [1.29, 1.82) is 5.26 Å². The Morgan fingerprint density at radius 1 is 1.30 bits per heavy atom. The van der Waals surface area contributed by atoms with Crippen molar-refractivity contribution in [1.82, 2.24) is 25.3 Å². The molecule has 0 fully saturated rings. The van der Waals surface area contributed by atoms with Crippen LogP contribution in [0.15, 0.2) is 24.4 Å². The first-order valence-corrected chi connectivity index (χ1v) is 10.1. The molecule has 2 heterocycles. The number of hydrogen-bond donors (Lipinski definition) is 3. The second-order valence-corrected chi connectivity index (χ2v) is 7.41. The first-order chi connectivity index (χ1) is 15.7. The van der Waals surface area contributed by atoms with E-state index in [4.69, 9.17) is 5.26 Å². The molecular formula is C22H22FN7O3. The quantitative estimate of drug-likeness (QED) is 0.372. The smallest absolute Gasteiger partial charge is 0.293 e. The summed E-state index contributed by atoms with van der Waals surface area (Å²) < 4.78 is 15.1. The van der Waals surface area contributed by atoms with Gasteiger partial charge in [0.1, 0.15) is 23.3 Å². The molecule has 0 spiro atoms. The summed E-state index contributed by atoms with van der Waals surface area (Å²) in [5, 5.41) is 24.4. The summed E-state index contributed by atoms with van der Waals surface area (Å²) in [5.74, 6) is -2.88. The summed E-state index contributed by atoms with van der Waals surface area (Å²) in [6.07, 6.45) is 1.96. The Labute approximate surface area is 188 Å². The third-order valence-corrected chi connectivity index (χ3v) is 5.43. The predicted octanol–water partition coefficient (Wildman–Crippen LogP) is 2.47. The van der Waals surface area contributed by atoms with Gasteiger partial charge in [-0.25, -0.2) is 4.39 Å². The Kier molecular flexibility index (Phi) is 6.67. The molecule has 2 aromatic heterocycles. The van der Waals surface area contributed by atoms with Crippen molar-refractivity contribution in [2.45, 2.75) is 33.2 Å². The van der Waals surface area contributed by atoms with E-state index in [2.05, 4.69) is 26.0 Å². The van der Waals surface area contributed by atoms with Crippen LogP contribution in [0, 0.1) is 31.0 Å². The van der Waals surface area contributed by atoms with Gasteiger partial charge < -0.3 is 15.2 Å². The number of nitriles is 1. The Hall–Kier alpha value is -4.33. The van der Waals surface area contributed by atoms with E-state index in [0.29, 0.717) is 23.4 Å². The third kappa shape index (κ3) is 4.50. The lowest BCUT2D eigenvalue weighted by atomic mass is 10.0. The predicted molar refractivity (Wildman–Crippen MR) is 116 cm³/mol. The SMILES string of the molecule is CC[C@@H](NC(=O)C(=O)c1c(C)c(C(=O)Nc2ccc(F)c(C#N)c2)n(C)c1C)c1cn[nH]n1. The molecule has 0 radical (unpaired) electrons. The highest BCUT2D eigenvalue weighted by Crippen LogP contribution is 2.24. The molecule has 0 aliphatic carbocycles. The number of aromatic amines is 1. The topological polar surface area (TPSA) is 146 Å². The molecule has 0 aliphatic rings. The van der Waals surface area contributed by atoms with E-state index < -0.39 is 29.5 Å². The lowest BCUT2D eigenvalue weighted by Crippen LogP contribution is -2.34. The van der Waals surface area contributed by atoms with Crippen molar-refractivity contribution in [2.24, 2.45) is 7.05 Å². The van der Waals surface area contributed by atoms with E-state index in [1.165, 1.54) is 22.9 Å². The van der Waals surface area contributed by atoms with Gasteiger partial charge in [0.05, 0.1) is 23.4 Å². The molecule has 11 heteroatoms. The number of nitrogens with zero attached hydrogens (tertiary/aromatic N) is 4. The molecule has 0 saturated heterocycles. The Balaban J connectivity index is 1.87. The van der Waals surface area contributed by atoms with Gasteiger partial charge in [-0.3, -0.25) is 14.4 Å². The number of rotatable bonds is 7. The number of nitrogens with one attached hydrogen (secondary N) is 3. The number of ketones is 1. The normalized spacial score (nSPS) is 11.5. The number of carbonyl (C=O) groups is 3. The Morgan fingerprint density at radius 2 is 2.03 bits per heavy atom. The lowest BCUT2D eigenvalue weighted by molar-refractivity contribution is -0.117. The Bertz CT molecular complexity index is 1270. The summed E-state index contributed by atoms with van der Waals surface area (Å²) >= 11 is 0. The average molecular weight is 451 g/mol. The number of H-pyrrole nitrogens is 1. The molecule has 3 N–H and O–H groups in total. The van der Waals surface area contributed by atoms with Gasteiger partial charge in [-0.1, -0.05) is 6.92 Å². The van der Waals surface area contributed by atoms with Crippen molar-refractivity contribution in [2.75, 3.05) is 5.32 Å². The van der Waals surface area contributed by atoms with Crippen molar-refractivity contribution in [3.63, 3.8) is 0 Å². The van der Waals surface area contributed by atoms with Crippen LogP contribution in [0.1, 0.15) is 62.7 Å². The van der Waals surface area contributed by atoms with Crippen LogP contribution in [-0.2, 0) is 11.8 Å². The third-order valence-electron chi connectivity index (χ3n) is 5.43. The minimum atomic E-state index is -0.828. The van der Waals surface area contributed by atoms with Crippen LogP contribution in [0.2, 0.25) is 0 Å². The molecule has 1 atom stereocenters. The Morgan fingerprint density at radius 3 is 2.64 bits per heavy atom. The van der Waals surface area contributed by atoms with Crippen LogP contribution in [0.25, 0.3) is 0 Å². The van der Waals surface area contributed by atoms with Gasteiger partial charge in [-0.15, -0.1) is 0 Å². The van der Waals surface area contributed by atoms with E-state index in [0.717, 1.165) is 6.07 Å². The van der Waals surface area contributed by atoms with Crippen LogP contribution in [0.3, 0.4) is 0 Å². The zero-order chi connectivity index (χ0) is 24.3. The molecule has 0 saturated carbocycles. The summed E-state index contributed by atoms with van der Waals surface area (Å²) in [5.41, 5.74) is 1.55. The minimum absolute atomic E-state index is 0.118. The monoisotopic (exact) mass is 451 g/mol. The highest BCUT2D eigenvalue weighted by Gasteiger charge is 2.30. The van der Waals surface area contributed by atoms with Gasteiger partial charge in [-0.2, -0.15) is 20.7 Å². The largest absolute Gasteiger partial charge is 0.343 e. The van der Waals surface area contributed by atoms with Crippen molar-refractivity contribution >= 4 is 23.3 Å². The standard InChI is InChI=1S/C22H22FN7O3/c1-5-16(17-10-25-29-28-17)27-22(33)20(31)18-11(2)19(30(4)12(18)3)21(32)26-14-6-7-15(23)13(8-14)9-24/h6-8,10,16H,5H2,1-4H3,(H,26,32)(H,27,33)(H,25,28,29)/t16-/m1/s1. The summed E-state index contributed by atoms with van der Waals surface area (Å²) in [6.45, 7) is 5.03. The molecule has 170 valence electrons. The summed E-state index contributed by atoms with van der Waals surface area (Å²) in [7, 11) is 1.60. The molecular weight excluding hydrogens is 429 g/mol. The van der Waals surface area contributed by atoms with E-state index in [1.807, 2.05) is 6.92 Å². The van der Waals surface area contributed by atoms with Crippen molar-refractivity contribution in [3.8, 4) is 6.07 Å². The molecule has 3 rings (SSSR count). The average Bonchev–Trinajstić information content (AvgIpc) is 3.39. The maximum atomic E-state index is 13.6. The van der Waals surface area contributed by atoms with Gasteiger partial charge >= 0.3 is 0 Å². The first-order valence-electron chi connectivity index (χ1n) is 10.1. The number of hydrogen-bond acceptors (Lipinski definition) is 6. The van der Waals surface area contributed by atoms with Gasteiger partial charge in [-0.05, 0) is 44.0 Å². The maximum Gasteiger partial charge on any atom is 0.293 e. The second kappa shape index (κ2) is 9.44. The van der Waals surface area contributed by atoms with Crippen LogP contribution < -0.4 is 10.6 Å². The van der Waals surface area contributed by atoms with Crippen LogP contribution in [0.4, 0.5) is 10.1 Å². The molecule has 0 unspecified atom stereocenters. The molecule has 3 aromatic rings. The van der Waals surface area contributed by atoms with Crippen molar-refractivity contribution < 1.29 is 18.8 Å². The zero-order valence-corrected chi connectivity index (χ0v) is 18.5. The van der Waals surface area contributed by atoms with Crippen LogP contribution in [0.5, 0.6) is 0 Å². The number of anilines is 1. The number of amides is 2. The highest BCUT2D eigenvalue weighted by atomic mass is 19.1. The molecule has 33 heavy (non-hydrogen) atoms. The van der Waals surface area contributed by atoms with Gasteiger partial charge in [0, 0.05) is 18.4 Å². The van der Waals surface area contributed by atoms with E-state index >= 15 is 0 Å².